The van der Waals surface area contributed by atoms with Crippen LogP contribution in [0.5, 0.6) is 5.75 Å². The maximum absolute atomic E-state index is 11.8. The number of carboxylic acids is 1. The number of carbonyl (C=O) groups is 2. The van der Waals surface area contributed by atoms with Gasteiger partial charge in [-0.05, 0) is 24.1 Å². The zero-order valence-electron chi connectivity index (χ0n) is 14.9. The van der Waals surface area contributed by atoms with E-state index in [4.69, 9.17) is 14.6 Å². The van der Waals surface area contributed by atoms with E-state index < -0.39 is 11.9 Å². The number of hydrogen-bond acceptors (Lipinski definition) is 5. The van der Waals surface area contributed by atoms with Crippen molar-refractivity contribution in [3.8, 4) is 5.75 Å². The molecule has 2 aliphatic heterocycles. The van der Waals surface area contributed by atoms with Crippen molar-refractivity contribution in [2.24, 2.45) is 5.92 Å². The van der Waals surface area contributed by atoms with Gasteiger partial charge < -0.3 is 19.5 Å². The molecule has 1 unspecified atom stereocenters. The quantitative estimate of drug-likeness (QED) is 0.739. The minimum absolute atomic E-state index is 0.0690. The second-order valence-corrected chi connectivity index (χ2v) is 6.78. The van der Waals surface area contributed by atoms with Gasteiger partial charge in [-0.15, -0.1) is 0 Å². The van der Waals surface area contributed by atoms with Gasteiger partial charge in [-0.3, -0.25) is 14.5 Å². The van der Waals surface area contributed by atoms with E-state index in [9.17, 15) is 9.59 Å². The maximum Gasteiger partial charge on any atom is 0.308 e. The number of morpholine rings is 1. The van der Waals surface area contributed by atoms with Gasteiger partial charge in [0.1, 0.15) is 12.4 Å². The summed E-state index contributed by atoms with van der Waals surface area (Å²) in [6.07, 6.45) is 0.831. The Bertz CT molecular complexity index is 613. The largest absolute Gasteiger partial charge is 0.492 e. The van der Waals surface area contributed by atoms with Crippen LogP contribution in [0.2, 0.25) is 0 Å². The molecular weight excluding hydrogens is 336 g/mol. The van der Waals surface area contributed by atoms with Crippen LogP contribution in [0, 0.1) is 5.92 Å². The zero-order valence-corrected chi connectivity index (χ0v) is 14.9. The Balaban J connectivity index is 1.39. The highest BCUT2D eigenvalue weighted by molar-refractivity contribution is 5.86. The first kappa shape index (κ1) is 18.7. The number of carbonyl (C=O) groups excluding carboxylic acids is 1. The highest BCUT2D eigenvalue weighted by Crippen LogP contribution is 2.19. The van der Waals surface area contributed by atoms with Crippen LogP contribution in [-0.4, -0.2) is 79.3 Å². The van der Waals surface area contributed by atoms with E-state index in [-0.39, 0.29) is 12.3 Å². The second-order valence-electron chi connectivity index (χ2n) is 6.78. The van der Waals surface area contributed by atoms with Crippen LogP contribution in [0.4, 0.5) is 0 Å². The molecule has 7 nitrogen and oxygen atoms in total. The van der Waals surface area contributed by atoms with Gasteiger partial charge >= 0.3 is 5.97 Å². The molecule has 2 aliphatic rings. The Morgan fingerprint density at radius 3 is 2.58 bits per heavy atom. The van der Waals surface area contributed by atoms with E-state index in [0.29, 0.717) is 26.1 Å². The second kappa shape index (κ2) is 9.00. The molecule has 2 fully saturated rings. The van der Waals surface area contributed by atoms with Crippen LogP contribution in [0.25, 0.3) is 0 Å². The minimum Gasteiger partial charge on any atom is -0.492 e. The summed E-state index contributed by atoms with van der Waals surface area (Å²) in [5, 5.41) is 9.02. The molecule has 0 aliphatic carbocycles. The predicted octanol–water partition coefficient (Wildman–Crippen LogP) is 0.873. The van der Waals surface area contributed by atoms with Crippen molar-refractivity contribution in [2.75, 3.05) is 52.5 Å². The van der Waals surface area contributed by atoms with Crippen molar-refractivity contribution in [2.45, 2.75) is 12.8 Å². The molecule has 1 amide bonds. The summed E-state index contributed by atoms with van der Waals surface area (Å²) in [6, 6.07) is 7.89. The molecule has 0 bridgehead atoms. The van der Waals surface area contributed by atoms with Gasteiger partial charge in [0.05, 0.1) is 19.1 Å². The Hall–Kier alpha value is -2.12. The molecule has 2 heterocycles. The third-order valence-electron chi connectivity index (χ3n) is 4.94. The first-order valence-electron chi connectivity index (χ1n) is 9.14. The number of aliphatic carboxylic acids is 1. The molecule has 1 N–H and O–H groups in total. The fourth-order valence-electron chi connectivity index (χ4n) is 3.29. The SMILES string of the molecule is O=C(O)C1CC(=O)N(CCc2ccc(OCCN3CCOCC3)cc2)C1. The van der Waals surface area contributed by atoms with Crippen molar-refractivity contribution in [3.63, 3.8) is 0 Å². The third kappa shape index (κ3) is 5.19. The molecule has 26 heavy (non-hydrogen) atoms. The van der Waals surface area contributed by atoms with Crippen LogP contribution in [0.15, 0.2) is 24.3 Å². The van der Waals surface area contributed by atoms with Crippen molar-refractivity contribution >= 4 is 11.9 Å². The average molecular weight is 362 g/mol. The third-order valence-corrected chi connectivity index (χ3v) is 4.94. The van der Waals surface area contributed by atoms with Crippen LogP contribution in [0.3, 0.4) is 0 Å². The molecule has 1 atom stereocenters. The number of rotatable bonds is 8. The molecule has 0 saturated carbocycles. The smallest absolute Gasteiger partial charge is 0.308 e. The molecular formula is C19H26N2O5. The maximum atomic E-state index is 11.8. The van der Waals surface area contributed by atoms with Gasteiger partial charge in [0, 0.05) is 39.1 Å². The first-order chi connectivity index (χ1) is 12.6. The summed E-state index contributed by atoms with van der Waals surface area (Å²) in [5.74, 6) is -0.685. The van der Waals surface area contributed by atoms with E-state index in [1.165, 1.54) is 0 Å². The van der Waals surface area contributed by atoms with Gasteiger partial charge in [0.15, 0.2) is 0 Å². The predicted molar refractivity (Wildman–Crippen MR) is 95.2 cm³/mol. The number of carboxylic acid groups (broad SMARTS) is 1. The van der Waals surface area contributed by atoms with E-state index in [2.05, 4.69) is 4.90 Å². The highest BCUT2D eigenvalue weighted by Gasteiger charge is 2.33. The van der Waals surface area contributed by atoms with Crippen molar-refractivity contribution < 1.29 is 24.2 Å². The lowest BCUT2D eigenvalue weighted by Gasteiger charge is -2.26. The monoisotopic (exact) mass is 362 g/mol. The Morgan fingerprint density at radius 1 is 1.19 bits per heavy atom. The number of ether oxygens (including phenoxy) is 2. The van der Waals surface area contributed by atoms with E-state index >= 15 is 0 Å². The molecule has 1 aromatic carbocycles. The molecule has 0 spiro atoms. The molecule has 142 valence electrons. The molecule has 3 rings (SSSR count). The molecule has 7 heteroatoms. The summed E-state index contributed by atoms with van der Waals surface area (Å²) >= 11 is 0. The number of hydrogen-bond donors (Lipinski definition) is 1. The van der Waals surface area contributed by atoms with Crippen molar-refractivity contribution in [3.05, 3.63) is 29.8 Å². The summed E-state index contributed by atoms with van der Waals surface area (Å²) in [7, 11) is 0. The Kier molecular flexibility index (Phi) is 6.46. The normalized spacial score (nSPS) is 21.2. The first-order valence-corrected chi connectivity index (χ1v) is 9.14. The van der Waals surface area contributed by atoms with Crippen LogP contribution in [0.1, 0.15) is 12.0 Å². The summed E-state index contributed by atoms with van der Waals surface area (Å²) in [5.41, 5.74) is 1.11. The average Bonchev–Trinajstić information content (AvgIpc) is 3.03. The van der Waals surface area contributed by atoms with E-state index in [1.807, 2.05) is 24.3 Å². The number of benzene rings is 1. The molecule has 2 saturated heterocycles. The van der Waals surface area contributed by atoms with Gasteiger partial charge in [0.2, 0.25) is 5.91 Å². The summed E-state index contributed by atoms with van der Waals surface area (Å²) < 4.78 is 11.1. The van der Waals surface area contributed by atoms with E-state index in [1.54, 1.807) is 4.90 Å². The van der Waals surface area contributed by atoms with Gasteiger partial charge in [-0.1, -0.05) is 12.1 Å². The minimum atomic E-state index is -0.889. The fourth-order valence-corrected chi connectivity index (χ4v) is 3.29. The lowest BCUT2D eigenvalue weighted by atomic mass is 10.1. The standard InChI is InChI=1S/C19H26N2O5/c22-18-13-16(19(23)24)14-21(18)6-5-15-1-3-17(4-2-15)26-12-9-20-7-10-25-11-8-20/h1-4,16H,5-14H2,(H,23,24). The zero-order chi connectivity index (χ0) is 18.4. The fraction of sp³-hybridized carbons (Fsp3) is 0.579. The van der Waals surface area contributed by atoms with Crippen molar-refractivity contribution in [1.82, 2.24) is 9.80 Å². The van der Waals surface area contributed by atoms with Crippen LogP contribution in [-0.2, 0) is 20.7 Å². The van der Waals surface area contributed by atoms with Gasteiger partial charge in [0.25, 0.3) is 0 Å². The molecule has 0 aromatic heterocycles. The van der Waals surface area contributed by atoms with Crippen molar-refractivity contribution in [1.29, 1.82) is 0 Å². The van der Waals surface area contributed by atoms with E-state index in [0.717, 1.165) is 44.2 Å². The topological polar surface area (TPSA) is 79.3 Å². The number of likely N-dealkylation sites (tertiary alicyclic amines) is 1. The highest BCUT2D eigenvalue weighted by atomic mass is 16.5. The Labute approximate surface area is 153 Å². The van der Waals surface area contributed by atoms with Crippen LogP contribution >= 0.6 is 0 Å². The summed E-state index contributed by atoms with van der Waals surface area (Å²) in [4.78, 5) is 26.8. The lowest BCUT2D eigenvalue weighted by Crippen LogP contribution is -2.38. The Morgan fingerprint density at radius 2 is 1.92 bits per heavy atom. The summed E-state index contributed by atoms with van der Waals surface area (Å²) in [6.45, 7) is 5.92. The number of amides is 1. The van der Waals surface area contributed by atoms with Gasteiger partial charge in [-0.2, -0.15) is 0 Å². The van der Waals surface area contributed by atoms with Crippen LogP contribution < -0.4 is 4.74 Å². The number of nitrogens with zero attached hydrogens (tertiary/aromatic N) is 2. The molecule has 0 radical (unpaired) electrons. The van der Waals surface area contributed by atoms with Gasteiger partial charge in [-0.25, -0.2) is 0 Å². The molecule has 1 aromatic rings. The lowest BCUT2D eigenvalue weighted by molar-refractivity contribution is -0.141.